The third-order valence-corrected chi connectivity index (χ3v) is 3.77. The quantitative estimate of drug-likeness (QED) is 0.400. The normalized spacial score (nSPS) is 11.1. The zero-order chi connectivity index (χ0) is 11.0. The molecule has 1 N–H and O–H groups in total. The van der Waals surface area contributed by atoms with Gasteiger partial charge in [0.15, 0.2) is 0 Å². The molecule has 3 nitrogen and oxygen atoms in total. The Bertz CT molecular complexity index is 187. The van der Waals surface area contributed by atoms with Gasteiger partial charge in [-0.1, -0.05) is 25.7 Å². The average molecular weight is 215 g/mol. The number of rotatable bonds is 7. The van der Waals surface area contributed by atoms with E-state index in [4.69, 9.17) is 0 Å². The minimum atomic E-state index is -0.962. The van der Waals surface area contributed by atoms with Crippen LogP contribution in [-0.2, 0) is 9.59 Å². The minimum absolute atomic E-state index is 0.00678. The third kappa shape index (κ3) is 9.44. The van der Waals surface area contributed by atoms with E-state index in [0.29, 0.717) is 12.8 Å². The smallest absolute Gasteiger partial charge is 0.220 e. The van der Waals surface area contributed by atoms with Gasteiger partial charge >= 0.3 is 0 Å². The molecule has 0 saturated heterocycles. The van der Waals surface area contributed by atoms with E-state index in [9.17, 15) is 9.59 Å². The van der Waals surface area contributed by atoms with Crippen LogP contribution in [0, 0.1) is 0 Å². The van der Waals surface area contributed by atoms with E-state index >= 15 is 0 Å². The Morgan fingerprint density at radius 1 is 1.36 bits per heavy atom. The maximum absolute atomic E-state index is 11.1. The fourth-order valence-corrected chi connectivity index (χ4v) is 2.36. The summed E-state index contributed by atoms with van der Waals surface area (Å²) in [6, 6.07) is 1.24. The Balaban J connectivity index is 3.36. The van der Waals surface area contributed by atoms with Crippen molar-refractivity contribution in [2.24, 2.45) is 0 Å². The number of nitrogens with one attached hydrogen (secondary N) is 1. The van der Waals surface area contributed by atoms with Crippen molar-refractivity contribution in [3.8, 4) is 0 Å². The van der Waals surface area contributed by atoms with Crippen LogP contribution in [0.15, 0.2) is 0 Å². The fourth-order valence-electron chi connectivity index (χ4n) is 1.12. The van der Waals surface area contributed by atoms with Crippen molar-refractivity contribution in [1.82, 2.24) is 5.32 Å². The van der Waals surface area contributed by atoms with Crippen LogP contribution in [0.5, 0.6) is 0 Å². The Kier molecular flexibility index (Phi) is 6.45. The maximum atomic E-state index is 11.1. The van der Waals surface area contributed by atoms with Crippen LogP contribution in [0.4, 0.5) is 0 Å². The largest absolute Gasteiger partial charge is 0.356 e. The highest BCUT2D eigenvalue weighted by atomic mass is 28.3. The number of carbonyl (C=O) groups is 2. The monoisotopic (exact) mass is 215 g/mol. The van der Waals surface area contributed by atoms with Crippen molar-refractivity contribution in [3.63, 3.8) is 0 Å². The number of hydrogen-bond donors (Lipinski definition) is 1. The Hall–Kier alpha value is -0.643. The van der Waals surface area contributed by atoms with E-state index in [0.717, 1.165) is 19.3 Å². The summed E-state index contributed by atoms with van der Waals surface area (Å²) in [4.78, 5) is 21.1. The van der Waals surface area contributed by atoms with Crippen molar-refractivity contribution in [1.29, 1.82) is 0 Å². The molecular formula is C10H21NO2Si. The molecule has 0 fully saturated rings. The van der Waals surface area contributed by atoms with Gasteiger partial charge < -0.3 is 10.1 Å². The predicted octanol–water partition coefficient (Wildman–Crippen LogP) is 1.81. The summed E-state index contributed by atoms with van der Waals surface area (Å²) >= 11 is 0. The Labute approximate surface area is 87.3 Å². The maximum Gasteiger partial charge on any atom is 0.220 e. The van der Waals surface area contributed by atoms with E-state index in [1.165, 1.54) is 6.04 Å². The van der Waals surface area contributed by atoms with Crippen LogP contribution < -0.4 is 5.32 Å². The first-order chi connectivity index (χ1) is 6.45. The molecule has 0 aliphatic carbocycles. The number of aldehydes is 1. The van der Waals surface area contributed by atoms with Gasteiger partial charge in [-0.15, -0.1) is 0 Å². The number of amides is 1. The summed E-state index contributed by atoms with van der Waals surface area (Å²) in [5.74, 6) is -0.00678. The summed E-state index contributed by atoms with van der Waals surface area (Å²) in [5, 5.41) is 2.81. The molecule has 0 rings (SSSR count). The lowest BCUT2D eigenvalue weighted by Gasteiger charge is -2.15. The van der Waals surface area contributed by atoms with Crippen LogP contribution >= 0.6 is 0 Å². The van der Waals surface area contributed by atoms with Crippen molar-refractivity contribution in [2.45, 2.75) is 44.9 Å². The predicted molar refractivity (Wildman–Crippen MR) is 61.1 cm³/mol. The number of hydrogen-bond acceptors (Lipinski definition) is 2. The molecule has 1 amide bonds. The molecule has 82 valence electrons. The molecule has 0 saturated carbocycles. The molecular weight excluding hydrogens is 194 g/mol. The number of carbonyl (C=O) groups excluding carboxylic acids is 2. The second-order valence-electron chi connectivity index (χ2n) is 4.72. The van der Waals surface area contributed by atoms with Crippen molar-refractivity contribution in [2.75, 3.05) is 6.54 Å². The molecule has 0 bridgehead atoms. The minimum Gasteiger partial charge on any atom is -0.356 e. The Morgan fingerprint density at radius 3 is 2.50 bits per heavy atom. The lowest BCUT2D eigenvalue weighted by Crippen LogP contribution is -2.27. The van der Waals surface area contributed by atoms with Gasteiger partial charge in [0.2, 0.25) is 5.91 Å². The van der Waals surface area contributed by atoms with Crippen molar-refractivity contribution in [3.05, 3.63) is 0 Å². The highest BCUT2D eigenvalue weighted by Gasteiger charge is 2.11. The van der Waals surface area contributed by atoms with Gasteiger partial charge in [-0.3, -0.25) is 4.79 Å². The molecule has 0 heterocycles. The third-order valence-electron chi connectivity index (χ3n) is 1.91. The fraction of sp³-hybridized carbons (Fsp3) is 0.800. The molecule has 4 heteroatoms. The van der Waals surface area contributed by atoms with Gasteiger partial charge in [0, 0.05) is 27.5 Å². The van der Waals surface area contributed by atoms with Gasteiger partial charge in [-0.2, -0.15) is 0 Å². The molecule has 0 aliphatic heterocycles. The first kappa shape index (κ1) is 13.4. The van der Waals surface area contributed by atoms with Crippen LogP contribution in [0.2, 0.25) is 25.7 Å². The van der Waals surface area contributed by atoms with Gasteiger partial charge in [0.25, 0.3) is 0 Å². The first-order valence-electron chi connectivity index (χ1n) is 5.16. The zero-order valence-corrected chi connectivity index (χ0v) is 10.4. The summed E-state index contributed by atoms with van der Waals surface area (Å²) in [7, 11) is -0.962. The van der Waals surface area contributed by atoms with Crippen molar-refractivity contribution >= 4 is 20.3 Å². The van der Waals surface area contributed by atoms with E-state index in [-0.39, 0.29) is 5.91 Å². The second-order valence-corrected chi connectivity index (χ2v) is 10.3. The molecule has 0 aliphatic rings. The summed E-state index contributed by atoms with van der Waals surface area (Å²) in [6.45, 7) is 7.71. The average Bonchev–Trinajstić information content (AvgIpc) is 2.07. The van der Waals surface area contributed by atoms with Crippen LogP contribution in [0.25, 0.3) is 0 Å². The Morgan fingerprint density at radius 2 is 2.00 bits per heavy atom. The van der Waals surface area contributed by atoms with Gasteiger partial charge in [-0.05, 0) is 6.42 Å². The molecule has 0 atom stereocenters. The van der Waals surface area contributed by atoms with Crippen LogP contribution in [0.3, 0.4) is 0 Å². The lowest BCUT2D eigenvalue weighted by atomic mass is 10.3. The molecule has 0 aromatic carbocycles. The lowest BCUT2D eigenvalue weighted by molar-refractivity contribution is -0.122. The molecule has 0 unspecified atom stereocenters. The molecule has 0 radical (unpaired) electrons. The van der Waals surface area contributed by atoms with E-state index in [1.807, 2.05) is 0 Å². The second kappa shape index (κ2) is 6.76. The highest BCUT2D eigenvalue weighted by Crippen LogP contribution is 2.09. The molecule has 0 aromatic rings. The van der Waals surface area contributed by atoms with Crippen LogP contribution in [0.1, 0.15) is 19.3 Å². The first-order valence-corrected chi connectivity index (χ1v) is 8.87. The highest BCUT2D eigenvalue weighted by molar-refractivity contribution is 6.76. The van der Waals surface area contributed by atoms with E-state index < -0.39 is 8.07 Å². The zero-order valence-electron chi connectivity index (χ0n) is 9.43. The molecule has 0 aromatic heterocycles. The van der Waals surface area contributed by atoms with Gasteiger partial charge in [0.05, 0.1) is 0 Å². The molecule has 0 spiro atoms. The van der Waals surface area contributed by atoms with Crippen molar-refractivity contribution < 1.29 is 9.59 Å². The van der Waals surface area contributed by atoms with Gasteiger partial charge in [-0.25, -0.2) is 0 Å². The van der Waals surface area contributed by atoms with E-state index in [1.54, 1.807) is 0 Å². The van der Waals surface area contributed by atoms with E-state index in [2.05, 4.69) is 25.0 Å². The summed E-state index contributed by atoms with van der Waals surface area (Å²) in [5.41, 5.74) is 0. The topological polar surface area (TPSA) is 46.2 Å². The van der Waals surface area contributed by atoms with Gasteiger partial charge in [0.1, 0.15) is 6.29 Å². The molecule has 14 heavy (non-hydrogen) atoms. The van der Waals surface area contributed by atoms with Crippen LogP contribution in [-0.4, -0.2) is 26.8 Å². The SMILES string of the molecule is C[Si](C)(C)CCCNC(=O)CCC=O. The standard InChI is InChI=1S/C10H21NO2Si/c1-14(2,3)9-5-7-11-10(13)6-4-8-12/h8H,4-7,9H2,1-3H3,(H,11,13). The summed E-state index contributed by atoms with van der Waals surface area (Å²) < 4.78 is 0. The summed E-state index contributed by atoms with van der Waals surface area (Å²) in [6.07, 6.45) is 2.50.